The largest absolute Gasteiger partial charge is 0.497 e. The monoisotopic (exact) mass is 240 g/mol. The highest BCUT2D eigenvalue weighted by Gasteiger charge is 2.46. The van der Waals surface area contributed by atoms with Gasteiger partial charge in [0.2, 0.25) is 0 Å². The van der Waals surface area contributed by atoms with Crippen molar-refractivity contribution < 1.29 is 14.3 Å². The molecule has 1 fully saturated rings. The Morgan fingerprint density at radius 1 is 1.50 bits per heavy atom. The highest BCUT2D eigenvalue weighted by molar-refractivity contribution is 6.32. The second-order valence-corrected chi connectivity index (χ2v) is 4.38. The molecule has 1 aromatic carbocycles. The maximum atomic E-state index is 11.7. The molecule has 0 aromatic heterocycles. The number of methoxy groups -OCH3 is 1. The van der Waals surface area contributed by atoms with Crippen LogP contribution in [0.5, 0.6) is 5.75 Å². The highest BCUT2D eigenvalue weighted by atomic mass is 35.5. The van der Waals surface area contributed by atoms with E-state index < -0.39 is 5.41 Å². The van der Waals surface area contributed by atoms with Crippen molar-refractivity contribution in [3.63, 3.8) is 0 Å². The summed E-state index contributed by atoms with van der Waals surface area (Å²) in [6.07, 6.45) is 0. The lowest BCUT2D eigenvalue weighted by molar-refractivity contribution is -0.140. The molecule has 0 radical (unpaired) electrons. The molecule has 0 bridgehead atoms. The highest BCUT2D eigenvalue weighted by Crippen LogP contribution is 2.38. The molecule has 0 saturated carbocycles. The molecule has 4 heteroatoms. The van der Waals surface area contributed by atoms with Crippen LogP contribution >= 0.6 is 11.6 Å². The van der Waals surface area contributed by atoms with Crippen LogP contribution in [-0.2, 0) is 14.9 Å². The average Bonchev–Trinajstić information content (AvgIpc) is 2.18. The first-order valence-corrected chi connectivity index (χ1v) is 5.41. The van der Waals surface area contributed by atoms with E-state index in [0.717, 1.165) is 5.56 Å². The lowest BCUT2D eigenvalue weighted by atomic mass is 9.75. The lowest BCUT2D eigenvalue weighted by Gasteiger charge is -2.40. The summed E-state index contributed by atoms with van der Waals surface area (Å²) in [6, 6.07) is 5.37. The zero-order chi connectivity index (χ0) is 11.8. The van der Waals surface area contributed by atoms with Gasteiger partial charge in [-0.2, -0.15) is 0 Å². The lowest BCUT2D eigenvalue weighted by Crippen LogP contribution is -2.52. The number of halogens is 1. The molecule has 1 heterocycles. The summed E-state index contributed by atoms with van der Waals surface area (Å²) < 4.78 is 10.2. The van der Waals surface area contributed by atoms with Gasteiger partial charge in [-0.3, -0.25) is 4.79 Å². The van der Waals surface area contributed by atoms with Crippen LogP contribution in [0.4, 0.5) is 0 Å². The molecule has 16 heavy (non-hydrogen) atoms. The van der Waals surface area contributed by atoms with E-state index in [1.165, 1.54) is 0 Å². The number of benzene rings is 1. The first-order chi connectivity index (χ1) is 7.60. The number of Topliss-reactive ketones (excluding diaryl/α,β-unsaturated/α-hetero) is 1. The van der Waals surface area contributed by atoms with Gasteiger partial charge in [-0.1, -0.05) is 17.7 Å². The van der Waals surface area contributed by atoms with Crippen LogP contribution in [-0.4, -0.2) is 26.1 Å². The number of hydrogen-bond acceptors (Lipinski definition) is 3. The Hall–Kier alpha value is -1.06. The Balaban J connectivity index is 2.43. The summed E-state index contributed by atoms with van der Waals surface area (Å²) in [6.45, 7) is 2.39. The number of carbonyl (C=O) groups is 1. The van der Waals surface area contributed by atoms with E-state index in [-0.39, 0.29) is 5.78 Å². The Kier molecular flexibility index (Phi) is 2.91. The molecule has 3 nitrogen and oxygen atoms in total. The van der Waals surface area contributed by atoms with Gasteiger partial charge in [0.25, 0.3) is 0 Å². The summed E-state index contributed by atoms with van der Waals surface area (Å²) in [5.74, 6) is 0.776. The van der Waals surface area contributed by atoms with E-state index in [2.05, 4.69) is 0 Å². The molecular weight excluding hydrogens is 228 g/mol. The average molecular weight is 241 g/mol. The normalized spacial score (nSPS) is 17.7. The van der Waals surface area contributed by atoms with Crippen molar-refractivity contribution in [3.8, 4) is 5.75 Å². The van der Waals surface area contributed by atoms with Crippen molar-refractivity contribution in [1.82, 2.24) is 0 Å². The smallest absolute Gasteiger partial charge is 0.145 e. The molecule has 1 aromatic rings. The number of hydrogen-bond donors (Lipinski definition) is 0. The van der Waals surface area contributed by atoms with E-state index in [9.17, 15) is 4.79 Å². The molecule has 0 spiro atoms. The maximum absolute atomic E-state index is 11.7. The molecular formula is C12H13ClO3. The third kappa shape index (κ3) is 1.60. The molecule has 0 atom stereocenters. The van der Waals surface area contributed by atoms with Gasteiger partial charge in [0.05, 0.1) is 20.3 Å². The van der Waals surface area contributed by atoms with Crippen molar-refractivity contribution in [2.45, 2.75) is 12.3 Å². The Labute approximate surface area is 99.3 Å². The van der Waals surface area contributed by atoms with E-state index in [1.807, 2.05) is 12.1 Å². The topological polar surface area (TPSA) is 35.5 Å². The Morgan fingerprint density at radius 2 is 2.19 bits per heavy atom. The predicted octanol–water partition coefficient (Wildman–Crippen LogP) is 2.21. The predicted molar refractivity (Wildman–Crippen MR) is 61.2 cm³/mol. The van der Waals surface area contributed by atoms with Crippen LogP contribution < -0.4 is 4.74 Å². The minimum absolute atomic E-state index is 0.0887. The van der Waals surface area contributed by atoms with Gasteiger partial charge in [0.1, 0.15) is 16.9 Å². The van der Waals surface area contributed by atoms with Crippen LogP contribution in [0, 0.1) is 0 Å². The van der Waals surface area contributed by atoms with E-state index in [1.54, 1.807) is 20.1 Å². The number of rotatable bonds is 3. The van der Waals surface area contributed by atoms with Crippen LogP contribution in [0.1, 0.15) is 12.5 Å². The molecule has 1 saturated heterocycles. The first-order valence-electron chi connectivity index (χ1n) is 5.03. The van der Waals surface area contributed by atoms with Crippen molar-refractivity contribution in [3.05, 3.63) is 28.8 Å². The summed E-state index contributed by atoms with van der Waals surface area (Å²) in [5, 5.41) is 0.554. The van der Waals surface area contributed by atoms with Gasteiger partial charge >= 0.3 is 0 Å². The fraction of sp³-hybridized carbons (Fsp3) is 0.417. The summed E-state index contributed by atoms with van der Waals surface area (Å²) in [5.41, 5.74) is 0.275. The Bertz CT molecular complexity index is 424. The van der Waals surface area contributed by atoms with E-state index in [0.29, 0.717) is 24.0 Å². The minimum Gasteiger partial charge on any atom is -0.497 e. The number of ether oxygens (including phenoxy) is 2. The fourth-order valence-corrected chi connectivity index (χ4v) is 2.22. The zero-order valence-electron chi connectivity index (χ0n) is 9.25. The quantitative estimate of drug-likeness (QED) is 0.813. The van der Waals surface area contributed by atoms with Gasteiger partial charge < -0.3 is 9.47 Å². The first kappa shape index (κ1) is 11.4. The van der Waals surface area contributed by atoms with Crippen LogP contribution in [0.3, 0.4) is 0 Å². The van der Waals surface area contributed by atoms with Gasteiger partial charge in [0, 0.05) is 5.02 Å². The molecule has 0 N–H and O–H groups in total. The summed E-state index contributed by atoms with van der Waals surface area (Å²) in [7, 11) is 1.58. The second-order valence-electron chi connectivity index (χ2n) is 3.98. The number of ketones is 1. The van der Waals surface area contributed by atoms with Crippen LogP contribution in [0.2, 0.25) is 5.02 Å². The van der Waals surface area contributed by atoms with Gasteiger partial charge in [-0.15, -0.1) is 0 Å². The molecule has 1 aliphatic rings. The van der Waals surface area contributed by atoms with Crippen molar-refractivity contribution in [1.29, 1.82) is 0 Å². The van der Waals surface area contributed by atoms with Gasteiger partial charge in [0.15, 0.2) is 0 Å². The molecule has 1 aliphatic heterocycles. The SMILES string of the molecule is COc1ccc(C2(C(C)=O)COC2)c(Cl)c1. The Morgan fingerprint density at radius 3 is 2.56 bits per heavy atom. The van der Waals surface area contributed by atoms with Gasteiger partial charge in [-0.05, 0) is 24.6 Å². The fourth-order valence-electron chi connectivity index (χ4n) is 1.87. The van der Waals surface area contributed by atoms with Crippen molar-refractivity contribution >= 4 is 17.4 Å². The molecule has 0 amide bonds. The molecule has 0 unspecified atom stereocenters. The van der Waals surface area contributed by atoms with E-state index >= 15 is 0 Å². The van der Waals surface area contributed by atoms with E-state index in [4.69, 9.17) is 21.1 Å². The summed E-state index contributed by atoms with van der Waals surface area (Å²) in [4.78, 5) is 11.7. The van der Waals surface area contributed by atoms with Crippen LogP contribution in [0.25, 0.3) is 0 Å². The zero-order valence-corrected chi connectivity index (χ0v) is 10.0. The molecule has 0 aliphatic carbocycles. The maximum Gasteiger partial charge on any atom is 0.145 e. The standard InChI is InChI=1S/C12H13ClO3/c1-8(14)12(6-16-7-12)10-4-3-9(15-2)5-11(10)13/h3-5H,6-7H2,1-2H3. The summed E-state index contributed by atoms with van der Waals surface area (Å²) >= 11 is 6.16. The third-order valence-electron chi connectivity index (χ3n) is 3.06. The molecule has 86 valence electrons. The molecule has 2 rings (SSSR count). The van der Waals surface area contributed by atoms with Crippen molar-refractivity contribution in [2.75, 3.05) is 20.3 Å². The second kappa shape index (κ2) is 4.07. The van der Waals surface area contributed by atoms with Crippen molar-refractivity contribution in [2.24, 2.45) is 0 Å². The minimum atomic E-state index is -0.552. The third-order valence-corrected chi connectivity index (χ3v) is 3.38. The number of carbonyl (C=O) groups excluding carboxylic acids is 1. The van der Waals surface area contributed by atoms with Crippen LogP contribution in [0.15, 0.2) is 18.2 Å². The van der Waals surface area contributed by atoms with Gasteiger partial charge in [-0.25, -0.2) is 0 Å².